The van der Waals surface area contributed by atoms with Crippen LogP contribution in [0.2, 0.25) is 0 Å². The molecule has 0 fully saturated rings. The van der Waals surface area contributed by atoms with Crippen molar-refractivity contribution in [3.63, 3.8) is 0 Å². The smallest absolute Gasteiger partial charge is 0.126 e. The number of benzene rings is 3. The van der Waals surface area contributed by atoms with Crippen molar-refractivity contribution in [3.05, 3.63) is 71.8 Å². The van der Waals surface area contributed by atoms with Gasteiger partial charge in [0.1, 0.15) is 5.75 Å². The van der Waals surface area contributed by atoms with Crippen molar-refractivity contribution in [1.29, 1.82) is 0 Å². The SMILES string of the molecule is COc1ccc(C=Nc2cccc(C)c2)c2ccccc12. The lowest BCUT2D eigenvalue weighted by Crippen LogP contribution is -1.89. The first kappa shape index (κ1) is 13.4. The first-order valence-corrected chi connectivity index (χ1v) is 6.94. The quantitative estimate of drug-likeness (QED) is 0.622. The fourth-order valence-corrected chi connectivity index (χ4v) is 2.44. The van der Waals surface area contributed by atoms with Gasteiger partial charge in [0, 0.05) is 17.2 Å². The van der Waals surface area contributed by atoms with Gasteiger partial charge >= 0.3 is 0 Å². The summed E-state index contributed by atoms with van der Waals surface area (Å²) in [7, 11) is 1.70. The highest BCUT2D eigenvalue weighted by atomic mass is 16.5. The van der Waals surface area contributed by atoms with E-state index in [4.69, 9.17) is 4.74 Å². The van der Waals surface area contributed by atoms with Crippen molar-refractivity contribution in [1.82, 2.24) is 0 Å². The largest absolute Gasteiger partial charge is 0.496 e. The van der Waals surface area contributed by atoms with Gasteiger partial charge in [-0.15, -0.1) is 0 Å². The maximum Gasteiger partial charge on any atom is 0.126 e. The first-order valence-electron chi connectivity index (χ1n) is 6.94. The fourth-order valence-electron chi connectivity index (χ4n) is 2.44. The summed E-state index contributed by atoms with van der Waals surface area (Å²) >= 11 is 0. The van der Waals surface area contributed by atoms with E-state index in [1.165, 1.54) is 5.56 Å². The van der Waals surface area contributed by atoms with Gasteiger partial charge in [0.2, 0.25) is 0 Å². The molecule has 104 valence electrons. The number of fused-ring (bicyclic) bond motifs is 1. The lowest BCUT2D eigenvalue weighted by Gasteiger charge is -2.07. The van der Waals surface area contributed by atoms with Crippen LogP contribution in [0.5, 0.6) is 5.75 Å². The normalized spacial score (nSPS) is 11.1. The van der Waals surface area contributed by atoms with E-state index in [2.05, 4.69) is 36.2 Å². The number of hydrogen-bond donors (Lipinski definition) is 0. The minimum Gasteiger partial charge on any atom is -0.496 e. The first-order chi connectivity index (χ1) is 10.3. The molecule has 0 heterocycles. The molecular weight excluding hydrogens is 258 g/mol. The average molecular weight is 275 g/mol. The summed E-state index contributed by atoms with van der Waals surface area (Å²) in [6, 6.07) is 20.4. The number of ether oxygens (including phenoxy) is 1. The van der Waals surface area contributed by atoms with Crippen LogP contribution >= 0.6 is 0 Å². The zero-order valence-corrected chi connectivity index (χ0v) is 12.2. The van der Waals surface area contributed by atoms with E-state index in [-0.39, 0.29) is 0 Å². The molecule has 0 N–H and O–H groups in total. The molecule has 3 aromatic rings. The molecule has 21 heavy (non-hydrogen) atoms. The third-order valence-corrected chi connectivity index (χ3v) is 3.49. The van der Waals surface area contributed by atoms with Gasteiger partial charge in [0.25, 0.3) is 0 Å². The molecule has 0 radical (unpaired) electrons. The van der Waals surface area contributed by atoms with E-state index in [1.807, 2.05) is 42.6 Å². The molecule has 0 saturated carbocycles. The maximum atomic E-state index is 5.42. The Morgan fingerprint density at radius 1 is 0.905 bits per heavy atom. The lowest BCUT2D eigenvalue weighted by molar-refractivity contribution is 0.420. The van der Waals surface area contributed by atoms with Crippen molar-refractivity contribution in [3.8, 4) is 5.75 Å². The van der Waals surface area contributed by atoms with Crippen molar-refractivity contribution < 1.29 is 4.74 Å². The van der Waals surface area contributed by atoms with Crippen LogP contribution in [0.3, 0.4) is 0 Å². The second-order valence-electron chi connectivity index (χ2n) is 5.00. The summed E-state index contributed by atoms with van der Waals surface area (Å²) in [6.07, 6.45) is 1.91. The van der Waals surface area contributed by atoms with Crippen molar-refractivity contribution in [2.45, 2.75) is 6.92 Å². The summed E-state index contributed by atoms with van der Waals surface area (Å²) in [6.45, 7) is 2.07. The molecule has 0 saturated heterocycles. The second kappa shape index (κ2) is 5.80. The number of methoxy groups -OCH3 is 1. The molecule has 0 bridgehead atoms. The number of nitrogens with zero attached hydrogens (tertiary/aromatic N) is 1. The summed E-state index contributed by atoms with van der Waals surface area (Å²) in [5.74, 6) is 0.887. The third-order valence-electron chi connectivity index (χ3n) is 3.49. The number of aryl methyl sites for hydroxylation is 1. The predicted octanol–water partition coefficient (Wildman–Crippen LogP) is 4.91. The van der Waals surface area contributed by atoms with E-state index >= 15 is 0 Å². The molecule has 0 amide bonds. The van der Waals surface area contributed by atoms with Crippen LogP contribution in [-0.4, -0.2) is 13.3 Å². The van der Waals surface area contributed by atoms with Crippen LogP contribution in [-0.2, 0) is 0 Å². The third kappa shape index (κ3) is 2.79. The Morgan fingerprint density at radius 2 is 1.71 bits per heavy atom. The number of rotatable bonds is 3. The molecule has 0 atom stereocenters. The highest BCUT2D eigenvalue weighted by Crippen LogP contribution is 2.27. The molecule has 0 aromatic heterocycles. The van der Waals surface area contributed by atoms with E-state index < -0.39 is 0 Å². The van der Waals surface area contributed by atoms with Gasteiger partial charge in [-0.25, -0.2) is 0 Å². The fraction of sp³-hybridized carbons (Fsp3) is 0.105. The molecule has 3 aromatic carbocycles. The number of hydrogen-bond acceptors (Lipinski definition) is 2. The summed E-state index contributed by atoms with van der Waals surface area (Å²) in [5.41, 5.74) is 3.27. The van der Waals surface area contributed by atoms with E-state index in [0.29, 0.717) is 0 Å². The summed E-state index contributed by atoms with van der Waals surface area (Å²) < 4.78 is 5.42. The van der Waals surface area contributed by atoms with Gasteiger partial charge < -0.3 is 4.74 Å². The van der Waals surface area contributed by atoms with E-state index in [0.717, 1.165) is 27.8 Å². The van der Waals surface area contributed by atoms with Gasteiger partial charge in [0.15, 0.2) is 0 Å². The summed E-state index contributed by atoms with van der Waals surface area (Å²) in [4.78, 5) is 4.58. The Hall–Kier alpha value is -2.61. The Morgan fingerprint density at radius 3 is 2.48 bits per heavy atom. The van der Waals surface area contributed by atoms with Gasteiger partial charge in [-0.3, -0.25) is 4.99 Å². The van der Waals surface area contributed by atoms with Crippen LogP contribution in [0.4, 0.5) is 5.69 Å². The van der Waals surface area contributed by atoms with Gasteiger partial charge in [-0.05, 0) is 42.1 Å². The predicted molar refractivity (Wildman–Crippen MR) is 88.9 cm³/mol. The molecule has 0 spiro atoms. The molecule has 2 nitrogen and oxygen atoms in total. The Balaban J connectivity index is 2.05. The van der Waals surface area contributed by atoms with Gasteiger partial charge in [-0.2, -0.15) is 0 Å². The van der Waals surface area contributed by atoms with Crippen LogP contribution in [0.1, 0.15) is 11.1 Å². The second-order valence-corrected chi connectivity index (χ2v) is 5.00. The number of aliphatic imine (C=N–C) groups is 1. The van der Waals surface area contributed by atoms with Crippen molar-refractivity contribution >= 4 is 22.7 Å². The van der Waals surface area contributed by atoms with E-state index in [1.54, 1.807) is 7.11 Å². The maximum absolute atomic E-state index is 5.42. The highest BCUT2D eigenvalue weighted by molar-refractivity contribution is 6.02. The highest BCUT2D eigenvalue weighted by Gasteiger charge is 2.04. The molecule has 0 unspecified atom stereocenters. The van der Waals surface area contributed by atoms with Crippen LogP contribution in [0.25, 0.3) is 10.8 Å². The molecule has 0 aliphatic rings. The minimum absolute atomic E-state index is 0.887. The topological polar surface area (TPSA) is 21.6 Å². The monoisotopic (exact) mass is 275 g/mol. The zero-order chi connectivity index (χ0) is 14.7. The van der Waals surface area contributed by atoms with E-state index in [9.17, 15) is 0 Å². The zero-order valence-electron chi connectivity index (χ0n) is 12.2. The lowest BCUT2D eigenvalue weighted by atomic mass is 10.0. The van der Waals surface area contributed by atoms with Gasteiger partial charge in [-0.1, -0.05) is 36.4 Å². The standard InChI is InChI=1S/C19H17NO/c1-14-6-5-7-16(12-14)20-13-15-10-11-19(21-2)18-9-4-3-8-17(15)18/h3-13H,1-2H3. The molecular formula is C19H17NO. The average Bonchev–Trinajstić information content (AvgIpc) is 2.52. The van der Waals surface area contributed by atoms with Crippen LogP contribution in [0.15, 0.2) is 65.7 Å². The Kier molecular flexibility index (Phi) is 3.69. The van der Waals surface area contributed by atoms with Crippen molar-refractivity contribution in [2.24, 2.45) is 4.99 Å². The Bertz CT molecular complexity index is 806. The molecule has 0 aliphatic carbocycles. The van der Waals surface area contributed by atoms with Crippen LogP contribution < -0.4 is 4.74 Å². The van der Waals surface area contributed by atoms with Crippen molar-refractivity contribution in [2.75, 3.05) is 7.11 Å². The molecule has 2 heteroatoms. The minimum atomic E-state index is 0.887. The van der Waals surface area contributed by atoms with Gasteiger partial charge in [0.05, 0.1) is 12.8 Å². The molecule has 0 aliphatic heterocycles. The molecule has 3 rings (SSSR count). The summed E-state index contributed by atoms with van der Waals surface area (Å²) in [5, 5.41) is 2.25. The van der Waals surface area contributed by atoms with Crippen LogP contribution in [0, 0.1) is 6.92 Å². The Labute approximate surface area is 124 Å².